The van der Waals surface area contributed by atoms with Crippen LogP contribution >= 0.6 is 0 Å². The van der Waals surface area contributed by atoms with Crippen molar-refractivity contribution in [3.63, 3.8) is 0 Å². The summed E-state index contributed by atoms with van der Waals surface area (Å²) in [6.07, 6.45) is 7.81. The second-order valence-corrected chi connectivity index (χ2v) is 5.88. The predicted molar refractivity (Wildman–Crippen MR) is 71.7 cm³/mol. The van der Waals surface area contributed by atoms with Crippen molar-refractivity contribution < 1.29 is 9.90 Å². The second-order valence-electron chi connectivity index (χ2n) is 5.88. The highest BCUT2D eigenvalue weighted by Crippen LogP contribution is 2.27. The number of carboxylic acid groups (broad SMARTS) is 1. The zero-order valence-electron chi connectivity index (χ0n) is 11.5. The van der Waals surface area contributed by atoms with Gasteiger partial charge in [-0.25, -0.2) is 0 Å². The minimum atomic E-state index is -0.660. The molecule has 1 heterocycles. The summed E-state index contributed by atoms with van der Waals surface area (Å²) in [5, 5.41) is 8.87. The van der Waals surface area contributed by atoms with Crippen LogP contribution in [0.5, 0.6) is 0 Å². The van der Waals surface area contributed by atoms with Crippen molar-refractivity contribution >= 4 is 5.97 Å². The lowest BCUT2D eigenvalue weighted by atomic mass is 9.91. The summed E-state index contributed by atoms with van der Waals surface area (Å²) in [4.78, 5) is 15.7. The minimum Gasteiger partial charge on any atom is -0.481 e. The molecule has 1 N–H and O–H groups in total. The summed E-state index contributed by atoms with van der Waals surface area (Å²) in [5.74, 6) is -0.660. The summed E-state index contributed by atoms with van der Waals surface area (Å²) >= 11 is 0. The molecule has 2 rings (SSSR count). The molecular formula is C14H26N2O2. The molecule has 1 saturated heterocycles. The molecule has 0 aromatic rings. The fourth-order valence-electron chi connectivity index (χ4n) is 3.47. The Labute approximate surface area is 110 Å². The number of piperazine rings is 1. The molecule has 4 heteroatoms. The molecule has 104 valence electrons. The summed E-state index contributed by atoms with van der Waals surface area (Å²) < 4.78 is 0. The maximum Gasteiger partial charge on any atom is 0.303 e. The van der Waals surface area contributed by atoms with E-state index < -0.39 is 5.97 Å². The molecule has 1 atom stereocenters. The summed E-state index contributed by atoms with van der Waals surface area (Å²) in [6, 6.07) is 1.16. The van der Waals surface area contributed by atoms with Gasteiger partial charge in [0.2, 0.25) is 0 Å². The minimum absolute atomic E-state index is 0.307. The van der Waals surface area contributed by atoms with Crippen LogP contribution in [0.15, 0.2) is 0 Å². The maximum atomic E-state index is 10.8. The molecule has 1 aliphatic carbocycles. The standard InChI is InChI=1S/C14H26N2O2/c1-15-9-10-16(12-5-3-2-4-6-12)13(11-15)7-8-14(17)18/h12-13H,2-11H2,1H3,(H,17,18). The molecule has 0 bridgehead atoms. The fraction of sp³-hybridized carbons (Fsp3) is 0.929. The number of hydrogen-bond acceptors (Lipinski definition) is 3. The van der Waals surface area contributed by atoms with E-state index in [-0.39, 0.29) is 0 Å². The predicted octanol–water partition coefficient (Wildman–Crippen LogP) is 1.80. The van der Waals surface area contributed by atoms with E-state index in [4.69, 9.17) is 5.11 Å². The van der Waals surface area contributed by atoms with Crippen molar-refractivity contribution in [2.24, 2.45) is 0 Å². The lowest BCUT2D eigenvalue weighted by Gasteiger charge is -2.45. The zero-order chi connectivity index (χ0) is 13.0. The van der Waals surface area contributed by atoms with Gasteiger partial charge in [0.05, 0.1) is 0 Å². The number of nitrogens with zero attached hydrogens (tertiary/aromatic N) is 2. The van der Waals surface area contributed by atoms with Gasteiger partial charge in [-0.1, -0.05) is 19.3 Å². The highest BCUT2D eigenvalue weighted by molar-refractivity contribution is 5.66. The fourth-order valence-corrected chi connectivity index (χ4v) is 3.47. The Morgan fingerprint density at radius 2 is 1.94 bits per heavy atom. The van der Waals surface area contributed by atoms with Gasteiger partial charge in [-0.15, -0.1) is 0 Å². The molecule has 1 aliphatic heterocycles. The maximum absolute atomic E-state index is 10.8. The van der Waals surface area contributed by atoms with Crippen molar-refractivity contribution in [2.45, 2.75) is 57.0 Å². The van der Waals surface area contributed by atoms with E-state index in [2.05, 4.69) is 16.8 Å². The van der Waals surface area contributed by atoms with Crippen molar-refractivity contribution in [3.8, 4) is 0 Å². The lowest BCUT2D eigenvalue weighted by molar-refractivity contribution is -0.137. The average Bonchev–Trinajstić information content (AvgIpc) is 2.37. The number of likely N-dealkylation sites (N-methyl/N-ethyl adjacent to an activating group) is 1. The van der Waals surface area contributed by atoms with Crippen molar-refractivity contribution in [1.29, 1.82) is 0 Å². The van der Waals surface area contributed by atoms with Crippen molar-refractivity contribution in [1.82, 2.24) is 9.80 Å². The van der Waals surface area contributed by atoms with Crippen LogP contribution in [0.25, 0.3) is 0 Å². The third-order valence-corrected chi connectivity index (χ3v) is 4.47. The van der Waals surface area contributed by atoms with Crippen molar-refractivity contribution in [3.05, 3.63) is 0 Å². The van der Waals surface area contributed by atoms with E-state index in [0.29, 0.717) is 18.5 Å². The lowest BCUT2D eigenvalue weighted by Crippen LogP contribution is -2.56. The van der Waals surface area contributed by atoms with Gasteiger partial charge in [-0.05, 0) is 26.3 Å². The molecule has 1 unspecified atom stereocenters. The smallest absolute Gasteiger partial charge is 0.303 e. The second kappa shape index (κ2) is 6.53. The highest BCUT2D eigenvalue weighted by Gasteiger charge is 2.31. The van der Waals surface area contributed by atoms with E-state index in [1.165, 1.54) is 32.1 Å². The van der Waals surface area contributed by atoms with Gasteiger partial charge in [-0.3, -0.25) is 9.69 Å². The van der Waals surface area contributed by atoms with Crippen LogP contribution in [0.1, 0.15) is 44.9 Å². The van der Waals surface area contributed by atoms with Gasteiger partial charge in [0.15, 0.2) is 0 Å². The highest BCUT2D eigenvalue weighted by atomic mass is 16.4. The van der Waals surface area contributed by atoms with Crippen molar-refractivity contribution in [2.75, 3.05) is 26.7 Å². The largest absolute Gasteiger partial charge is 0.481 e. The van der Waals surface area contributed by atoms with E-state index in [1.54, 1.807) is 0 Å². The Bertz CT molecular complexity index is 277. The summed E-state index contributed by atoms with van der Waals surface area (Å²) in [5.41, 5.74) is 0. The number of carboxylic acids is 1. The topological polar surface area (TPSA) is 43.8 Å². The van der Waals surface area contributed by atoms with E-state index in [0.717, 1.165) is 26.1 Å². The molecule has 18 heavy (non-hydrogen) atoms. The first-order valence-corrected chi connectivity index (χ1v) is 7.33. The van der Waals surface area contributed by atoms with Gasteiger partial charge >= 0.3 is 5.97 Å². The van der Waals surface area contributed by atoms with Crippen LogP contribution in [0.3, 0.4) is 0 Å². The monoisotopic (exact) mass is 254 g/mol. The molecule has 1 saturated carbocycles. The molecule has 0 amide bonds. The van der Waals surface area contributed by atoms with Gasteiger partial charge in [0, 0.05) is 38.1 Å². The van der Waals surface area contributed by atoms with Gasteiger partial charge in [0.25, 0.3) is 0 Å². The Kier molecular flexibility index (Phi) is 5.01. The Morgan fingerprint density at radius 3 is 2.61 bits per heavy atom. The quantitative estimate of drug-likeness (QED) is 0.831. The van der Waals surface area contributed by atoms with Crippen LogP contribution in [-0.4, -0.2) is 59.6 Å². The molecule has 0 aromatic heterocycles. The third-order valence-electron chi connectivity index (χ3n) is 4.47. The van der Waals surface area contributed by atoms with Crippen LogP contribution in [0, 0.1) is 0 Å². The van der Waals surface area contributed by atoms with Crippen LogP contribution in [0.4, 0.5) is 0 Å². The van der Waals surface area contributed by atoms with Crippen LogP contribution < -0.4 is 0 Å². The SMILES string of the molecule is CN1CCN(C2CCCCC2)C(CCC(=O)O)C1. The Balaban J connectivity index is 1.93. The first-order chi connectivity index (χ1) is 8.66. The van der Waals surface area contributed by atoms with Crippen LogP contribution in [0.2, 0.25) is 0 Å². The Morgan fingerprint density at radius 1 is 1.22 bits per heavy atom. The van der Waals surface area contributed by atoms with E-state index in [1.807, 2.05) is 0 Å². The molecule has 0 spiro atoms. The number of carbonyl (C=O) groups is 1. The molecule has 0 radical (unpaired) electrons. The Hall–Kier alpha value is -0.610. The molecule has 2 aliphatic rings. The number of hydrogen-bond donors (Lipinski definition) is 1. The van der Waals surface area contributed by atoms with Gasteiger partial charge in [-0.2, -0.15) is 0 Å². The first kappa shape index (κ1) is 13.8. The van der Waals surface area contributed by atoms with Gasteiger partial charge in [0.1, 0.15) is 0 Å². The zero-order valence-corrected chi connectivity index (χ0v) is 11.5. The normalized spacial score (nSPS) is 28.4. The first-order valence-electron chi connectivity index (χ1n) is 7.33. The van der Waals surface area contributed by atoms with Gasteiger partial charge < -0.3 is 10.0 Å². The molecule has 4 nitrogen and oxygen atoms in total. The molecular weight excluding hydrogens is 228 g/mol. The summed E-state index contributed by atoms with van der Waals surface area (Å²) in [6.45, 7) is 3.27. The van der Waals surface area contributed by atoms with E-state index in [9.17, 15) is 4.79 Å². The van der Waals surface area contributed by atoms with Crippen LogP contribution in [-0.2, 0) is 4.79 Å². The third kappa shape index (κ3) is 3.69. The van der Waals surface area contributed by atoms with E-state index >= 15 is 0 Å². The molecule has 0 aromatic carbocycles. The number of aliphatic carboxylic acids is 1. The molecule has 2 fully saturated rings. The average molecular weight is 254 g/mol. The summed E-state index contributed by atoms with van der Waals surface area (Å²) in [7, 11) is 2.14. The number of rotatable bonds is 4.